The molecule has 37 heavy (non-hydrogen) atoms. The van der Waals surface area contributed by atoms with Crippen LogP contribution in [-0.4, -0.2) is 48.1 Å². The molecule has 0 saturated carbocycles. The van der Waals surface area contributed by atoms with Crippen LogP contribution in [0.5, 0.6) is 0 Å². The second-order valence-electron chi connectivity index (χ2n) is 9.80. The van der Waals surface area contributed by atoms with Crippen molar-refractivity contribution in [2.45, 2.75) is 25.8 Å². The molecule has 7 heteroatoms. The van der Waals surface area contributed by atoms with Gasteiger partial charge in [0.15, 0.2) is 0 Å². The van der Waals surface area contributed by atoms with E-state index in [1.54, 1.807) is 6.20 Å². The highest BCUT2D eigenvalue weighted by atomic mass is 15.1. The molecule has 0 unspecified atom stereocenters. The van der Waals surface area contributed by atoms with E-state index >= 15 is 0 Å². The molecule has 7 rings (SSSR count). The van der Waals surface area contributed by atoms with Crippen LogP contribution in [0, 0.1) is 0 Å². The van der Waals surface area contributed by atoms with Crippen LogP contribution < -0.4 is 0 Å². The molecule has 0 bridgehead atoms. The Bertz CT molecular complexity index is 1690. The number of nitrogens with one attached hydrogen (secondary N) is 2. The van der Waals surface area contributed by atoms with Crippen molar-refractivity contribution in [3.8, 4) is 33.8 Å². The molecule has 0 atom stereocenters. The van der Waals surface area contributed by atoms with Crippen LogP contribution in [0.3, 0.4) is 0 Å². The molecule has 1 aliphatic rings. The first-order chi connectivity index (χ1) is 18.3. The van der Waals surface area contributed by atoms with E-state index in [1.165, 1.54) is 37.9 Å². The molecule has 1 aromatic carbocycles. The van der Waals surface area contributed by atoms with Crippen LogP contribution in [0.1, 0.15) is 24.8 Å². The molecule has 6 heterocycles. The zero-order valence-corrected chi connectivity index (χ0v) is 20.5. The van der Waals surface area contributed by atoms with Crippen LogP contribution in [0.2, 0.25) is 0 Å². The summed E-state index contributed by atoms with van der Waals surface area (Å²) in [4.78, 5) is 19.6. The first-order valence-electron chi connectivity index (χ1n) is 12.9. The van der Waals surface area contributed by atoms with E-state index in [0.717, 1.165) is 62.1 Å². The molecule has 1 aliphatic heterocycles. The minimum atomic E-state index is 0.891. The molecule has 6 aromatic rings. The minimum Gasteiger partial charge on any atom is -0.353 e. The fraction of sp³-hybridized carbons (Fsp3) is 0.200. The third-order valence-electron chi connectivity index (χ3n) is 7.28. The van der Waals surface area contributed by atoms with Crippen molar-refractivity contribution < 1.29 is 0 Å². The molecule has 0 aliphatic carbocycles. The lowest BCUT2D eigenvalue weighted by Gasteiger charge is -2.26. The molecule has 7 nitrogen and oxygen atoms in total. The van der Waals surface area contributed by atoms with Crippen LogP contribution in [0.4, 0.5) is 0 Å². The van der Waals surface area contributed by atoms with Gasteiger partial charge in [-0.1, -0.05) is 12.5 Å². The average Bonchev–Trinajstić information content (AvgIpc) is 3.58. The number of hydrogen-bond acceptors (Lipinski definition) is 5. The number of fused-ring (bicyclic) bond motifs is 2. The summed E-state index contributed by atoms with van der Waals surface area (Å²) in [5.41, 5.74) is 9.29. The summed E-state index contributed by atoms with van der Waals surface area (Å²) < 4.78 is 0. The quantitative estimate of drug-likeness (QED) is 0.303. The van der Waals surface area contributed by atoms with Gasteiger partial charge in [0.25, 0.3) is 0 Å². The number of aromatic nitrogens is 6. The van der Waals surface area contributed by atoms with Gasteiger partial charge in [0.05, 0.1) is 16.9 Å². The summed E-state index contributed by atoms with van der Waals surface area (Å²) >= 11 is 0. The number of H-pyrrole nitrogens is 2. The van der Waals surface area contributed by atoms with E-state index in [2.05, 4.69) is 65.4 Å². The summed E-state index contributed by atoms with van der Waals surface area (Å²) in [5.74, 6) is 0. The Kier molecular flexibility index (Phi) is 5.48. The predicted octanol–water partition coefficient (Wildman–Crippen LogP) is 6.22. The fourth-order valence-electron chi connectivity index (χ4n) is 5.42. The van der Waals surface area contributed by atoms with E-state index in [4.69, 9.17) is 0 Å². The normalized spacial score (nSPS) is 14.5. The molecular formula is C30H27N7. The van der Waals surface area contributed by atoms with Crippen molar-refractivity contribution in [2.75, 3.05) is 13.1 Å². The van der Waals surface area contributed by atoms with Crippen molar-refractivity contribution in [1.29, 1.82) is 0 Å². The summed E-state index contributed by atoms with van der Waals surface area (Å²) in [6.07, 6.45) is 13.3. The summed E-state index contributed by atoms with van der Waals surface area (Å²) in [6, 6.07) is 16.8. The SMILES string of the molecule is c1cncc(-c2nccc3[nH]c(-c4n[nH]c5ccc(-c6cncc(CN7CCCCC7)c6)cc45)cc23)c1. The van der Waals surface area contributed by atoms with Crippen LogP contribution in [-0.2, 0) is 6.54 Å². The van der Waals surface area contributed by atoms with Crippen molar-refractivity contribution in [3.05, 3.63) is 85.1 Å². The number of benzene rings is 1. The molecule has 0 radical (unpaired) electrons. The summed E-state index contributed by atoms with van der Waals surface area (Å²) in [5, 5.41) is 10.0. The molecule has 1 saturated heterocycles. The molecule has 5 aromatic heterocycles. The number of aromatic amines is 2. The topological polar surface area (TPSA) is 86.4 Å². The maximum Gasteiger partial charge on any atom is 0.116 e. The van der Waals surface area contributed by atoms with Gasteiger partial charge in [0.1, 0.15) is 5.69 Å². The Morgan fingerprint density at radius 3 is 2.51 bits per heavy atom. The summed E-state index contributed by atoms with van der Waals surface area (Å²) in [6.45, 7) is 3.32. The average molecular weight is 486 g/mol. The zero-order chi connectivity index (χ0) is 24.6. The Hall–Kier alpha value is -4.36. The number of likely N-dealkylation sites (tertiary alicyclic amines) is 1. The van der Waals surface area contributed by atoms with E-state index in [-0.39, 0.29) is 0 Å². The molecular weight excluding hydrogens is 458 g/mol. The van der Waals surface area contributed by atoms with Gasteiger partial charge in [-0.15, -0.1) is 0 Å². The minimum absolute atomic E-state index is 0.891. The third-order valence-corrected chi connectivity index (χ3v) is 7.28. The molecule has 0 amide bonds. The van der Waals surface area contributed by atoms with Gasteiger partial charge < -0.3 is 4.98 Å². The zero-order valence-electron chi connectivity index (χ0n) is 20.5. The number of pyridine rings is 3. The molecule has 182 valence electrons. The van der Waals surface area contributed by atoms with Crippen LogP contribution >= 0.6 is 0 Å². The highest BCUT2D eigenvalue weighted by Gasteiger charge is 2.16. The maximum absolute atomic E-state index is 4.68. The van der Waals surface area contributed by atoms with Gasteiger partial charge in [-0.3, -0.25) is 25.0 Å². The lowest BCUT2D eigenvalue weighted by Crippen LogP contribution is -2.29. The van der Waals surface area contributed by atoms with Gasteiger partial charge in [-0.05, 0) is 79.5 Å². The Morgan fingerprint density at radius 2 is 1.62 bits per heavy atom. The first-order valence-corrected chi connectivity index (χ1v) is 12.9. The Balaban J connectivity index is 1.26. The smallest absolute Gasteiger partial charge is 0.116 e. The molecule has 2 N–H and O–H groups in total. The van der Waals surface area contributed by atoms with E-state index in [1.807, 2.05) is 43.0 Å². The number of nitrogens with zero attached hydrogens (tertiary/aromatic N) is 5. The van der Waals surface area contributed by atoms with Gasteiger partial charge in [-0.25, -0.2) is 0 Å². The molecule has 0 spiro atoms. The second kappa shape index (κ2) is 9.26. The lowest BCUT2D eigenvalue weighted by atomic mass is 10.0. The monoisotopic (exact) mass is 485 g/mol. The van der Waals surface area contributed by atoms with Crippen molar-refractivity contribution in [1.82, 2.24) is 35.0 Å². The largest absolute Gasteiger partial charge is 0.353 e. The fourth-order valence-corrected chi connectivity index (χ4v) is 5.42. The third kappa shape index (κ3) is 4.17. The van der Waals surface area contributed by atoms with Gasteiger partial charge in [-0.2, -0.15) is 5.10 Å². The Labute approximate surface area is 214 Å². The highest BCUT2D eigenvalue weighted by Crippen LogP contribution is 2.34. The number of piperidine rings is 1. The predicted molar refractivity (Wildman–Crippen MR) is 147 cm³/mol. The van der Waals surface area contributed by atoms with E-state index in [9.17, 15) is 0 Å². The lowest BCUT2D eigenvalue weighted by molar-refractivity contribution is 0.220. The second-order valence-corrected chi connectivity index (χ2v) is 9.80. The number of hydrogen-bond donors (Lipinski definition) is 2. The molecule has 1 fully saturated rings. The highest BCUT2D eigenvalue weighted by molar-refractivity contribution is 6.00. The van der Waals surface area contributed by atoms with Crippen LogP contribution in [0.15, 0.2) is 79.5 Å². The standard InChI is InChI=1S/C30H27N7/c1-2-11-37(12-3-1)19-20-13-23(18-32-16-20)21-6-7-27-24(14-21)30(36-35-27)28-15-25-26(34-28)8-10-33-29(25)22-5-4-9-31-17-22/h4-10,13-18,34H,1-3,11-12,19H2,(H,35,36). The van der Waals surface area contributed by atoms with Crippen LogP contribution in [0.25, 0.3) is 55.6 Å². The van der Waals surface area contributed by atoms with Gasteiger partial charge >= 0.3 is 0 Å². The van der Waals surface area contributed by atoms with E-state index < -0.39 is 0 Å². The van der Waals surface area contributed by atoms with Gasteiger partial charge in [0, 0.05) is 64.9 Å². The first kappa shape index (κ1) is 21.9. The Morgan fingerprint density at radius 1 is 0.730 bits per heavy atom. The van der Waals surface area contributed by atoms with Crippen molar-refractivity contribution in [2.24, 2.45) is 0 Å². The maximum atomic E-state index is 4.68. The van der Waals surface area contributed by atoms with Gasteiger partial charge in [0.2, 0.25) is 0 Å². The van der Waals surface area contributed by atoms with Crippen molar-refractivity contribution >= 4 is 21.8 Å². The summed E-state index contributed by atoms with van der Waals surface area (Å²) in [7, 11) is 0. The van der Waals surface area contributed by atoms with Crippen molar-refractivity contribution in [3.63, 3.8) is 0 Å². The van der Waals surface area contributed by atoms with E-state index in [0.29, 0.717) is 0 Å². The number of rotatable bonds is 5.